The van der Waals surface area contributed by atoms with E-state index < -0.39 is 12.0 Å². The summed E-state index contributed by atoms with van der Waals surface area (Å²) in [7, 11) is 0. The standard InChI is InChI=1S/C13H23NO3/c1-9(2)4-5-12(15)14-7-6-10(3)8-11(14)13(16)17/h9-11H,4-8H2,1-3H3,(H,16,17). The van der Waals surface area contributed by atoms with Crippen LogP contribution in [-0.4, -0.2) is 34.5 Å². The Bertz CT molecular complexity index is 288. The SMILES string of the molecule is CC(C)CCC(=O)N1CCC(C)CC1C(=O)O. The van der Waals surface area contributed by atoms with Crippen molar-refractivity contribution >= 4 is 11.9 Å². The topological polar surface area (TPSA) is 57.6 Å². The molecule has 1 aliphatic rings. The average Bonchev–Trinajstić information content (AvgIpc) is 2.25. The smallest absolute Gasteiger partial charge is 0.326 e. The van der Waals surface area contributed by atoms with Crippen molar-refractivity contribution in [2.75, 3.05) is 6.54 Å². The molecule has 4 heteroatoms. The van der Waals surface area contributed by atoms with Crippen molar-refractivity contribution in [3.8, 4) is 0 Å². The van der Waals surface area contributed by atoms with E-state index in [-0.39, 0.29) is 5.91 Å². The highest BCUT2D eigenvalue weighted by atomic mass is 16.4. The molecule has 1 fully saturated rings. The number of hydrogen-bond acceptors (Lipinski definition) is 2. The molecule has 1 amide bonds. The van der Waals surface area contributed by atoms with Crippen molar-refractivity contribution in [3.05, 3.63) is 0 Å². The lowest BCUT2D eigenvalue weighted by Crippen LogP contribution is -2.49. The number of piperidine rings is 1. The summed E-state index contributed by atoms with van der Waals surface area (Å²) < 4.78 is 0. The Morgan fingerprint density at radius 3 is 2.59 bits per heavy atom. The first-order chi connectivity index (χ1) is 7.91. The molecule has 0 spiro atoms. The lowest BCUT2D eigenvalue weighted by molar-refractivity contribution is -0.153. The molecular weight excluding hydrogens is 218 g/mol. The second-order valence-electron chi connectivity index (χ2n) is 5.50. The molecule has 1 saturated heterocycles. The molecule has 17 heavy (non-hydrogen) atoms. The first-order valence-corrected chi connectivity index (χ1v) is 6.44. The average molecular weight is 241 g/mol. The Morgan fingerprint density at radius 1 is 1.41 bits per heavy atom. The van der Waals surface area contributed by atoms with Gasteiger partial charge >= 0.3 is 5.97 Å². The van der Waals surface area contributed by atoms with Gasteiger partial charge in [-0.3, -0.25) is 4.79 Å². The monoisotopic (exact) mass is 241 g/mol. The number of aliphatic carboxylic acids is 1. The molecule has 0 radical (unpaired) electrons. The summed E-state index contributed by atoms with van der Waals surface area (Å²) in [5.41, 5.74) is 0. The third-order valence-electron chi connectivity index (χ3n) is 3.41. The van der Waals surface area contributed by atoms with E-state index in [0.717, 1.165) is 12.8 Å². The summed E-state index contributed by atoms with van der Waals surface area (Å²) in [6.45, 7) is 6.78. The number of carbonyl (C=O) groups is 2. The Kier molecular flexibility index (Phi) is 4.97. The van der Waals surface area contributed by atoms with Crippen molar-refractivity contribution in [2.24, 2.45) is 11.8 Å². The second kappa shape index (κ2) is 6.03. The molecule has 2 atom stereocenters. The minimum Gasteiger partial charge on any atom is -0.480 e. The maximum absolute atomic E-state index is 12.0. The first kappa shape index (κ1) is 14.0. The van der Waals surface area contributed by atoms with E-state index in [0.29, 0.717) is 31.2 Å². The van der Waals surface area contributed by atoms with Crippen LogP contribution in [0.15, 0.2) is 0 Å². The van der Waals surface area contributed by atoms with E-state index in [9.17, 15) is 9.59 Å². The van der Waals surface area contributed by atoms with Crippen LogP contribution in [0.5, 0.6) is 0 Å². The highest BCUT2D eigenvalue weighted by Gasteiger charge is 2.34. The van der Waals surface area contributed by atoms with Crippen LogP contribution in [0.1, 0.15) is 46.5 Å². The van der Waals surface area contributed by atoms with Gasteiger partial charge < -0.3 is 10.0 Å². The molecule has 0 aromatic rings. The lowest BCUT2D eigenvalue weighted by Gasteiger charge is -2.36. The van der Waals surface area contributed by atoms with Gasteiger partial charge in [-0.2, -0.15) is 0 Å². The van der Waals surface area contributed by atoms with Crippen molar-refractivity contribution in [3.63, 3.8) is 0 Å². The molecule has 1 rings (SSSR count). The number of rotatable bonds is 4. The summed E-state index contributed by atoms with van der Waals surface area (Å²) in [6.07, 6.45) is 2.80. The molecule has 0 aromatic heterocycles. The minimum absolute atomic E-state index is 0.00185. The summed E-state index contributed by atoms with van der Waals surface area (Å²) in [5, 5.41) is 9.16. The number of nitrogens with zero attached hydrogens (tertiary/aromatic N) is 1. The van der Waals surface area contributed by atoms with Crippen LogP contribution in [0.3, 0.4) is 0 Å². The summed E-state index contributed by atoms with van der Waals surface area (Å²) in [6, 6.07) is -0.613. The van der Waals surface area contributed by atoms with Gasteiger partial charge in [0.2, 0.25) is 5.91 Å². The van der Waals surface area contributed by atoms with Crippen LogP contribution >= 0.6 is 0 Å². The molecule has 0 aliphatic carbocycles. The van der Waals surface area contributed by atoms with Crippen LogP contribution in [0.2, 0.25) is 0 Å². The molecule has 0 bridgehead atoms. The zero-order valence-corrected chi connectivity index (χ0v) is 11.0. The Hall–Kier alpha value is -1.06. The molecule has 2 unspecified atom stereocenters. The number of carbonyl (C=O) groups excluding carboxylic acids is 1. The third-order valence-corrected chi connectivity index (χ3v) is 3.41. The van der Waals surface area contributed by atoms with Gasteiger partial charge in [0.05, 0.1) is 0 Å². The highest BCUT2D eigenvalue weighted by molar-refractivity contribution is 5.83. The number of hydrogen-bond donors (Lipinski definition) is 1. The van der Waals surface area contributed by atoms with Crippen LogP contribution in [0, 0.1) is 11.8 Å². The van der Waals surface area contributed by atoms with E-state index in [4.69, 9.17) is 5.11 Å². The molecule has 1 heterocycles. The van der Waals surface area contributed by atoms with Crippen LogP contribution in [-0.2, 0) is 9.59 Å². The molecule has 0 aromatic carbocycles. The van der Waals surface area contributed by atoms with Crippen LogP contribution in [0.4, 0.5) is 0 Å². The Labute approximate surface area is 103 Å². The normalized spacial score (nSPS) is 25.1. The van der Waals surface area contributed by atoms with Crippen molar-refractivity contribution in [1.29, 1.82) is 0 Å². The summed E-state index contributed by atoms with van der Waals surface area (Å²) >= 11 is 0. The summed E-state index contributed by atoms with van der Waals surface area (Å²) in [4.78, 5) is 24.7. The predicted octanol–water partition coefficient (Wildman–Crippen LogP) is 2.13. The van der Waals surface area contributed by atoms with E-state index in [1.807, 2.05) is 6.92 Å². The first-order valence-electron chi connectivity index (χ1n) is 6.44. The summed E-state index contributed by atoms with van der Waals surface area (Å²) in [5.74, 6) is 0.00337. The highest BCUT2D eigenvalue weighted by Crippen LogP contribution is 2.24. The van der Waals surface area contributed by atoms with Gasteiger partial charge in [-0.15, -0.1) is 0 Å². The third kappa shape index (κ3) is 4.02. The van der Waals surface area contributed by atoms with Crippen molar-refractivity contribution in [2.45, 2.75) is 52.5 Å². The van der Waals surface area contributed by atoms with E-state index >= 15 is 0 Å². The quantitative estimate of drug-likeness (QED) is 0.820. The Balaban J connectivity index is 2.60. The van der Waals surface area contributed by atoms with Crippen LogP contribution < -0.4 is 0 Å². The van der Waals surface area contributed by atoms with E-state index in [2.05, 4.69) is 13.8 Å². The number of likely N-dealkylation sites (tertiary alicyclic amines) is 1. The van der Waals surface area contributed by atoms with Crippen molar-refractivity contribution < 1.29 is 14.7 Å². The lowest BCUT2D eigenvalue weighted by atomic mass is 9.92. The van der Waals surface area contributed by atoms with Gasteiger partial charge in [-0.05, 0) is 31.1 Å². The second-order valence-corrected chi connectivity index (χ2v) is 5.50. The Morgan fingerprint density at radius 2 is 2.06 bits per heavy atom. The fraction of sp³-hybridized carbons (Fsp3) is 0.846. The van der Waals surface area contributed by atoms with Gasteiger partial charge in [0, 0.05) is 13.0 Å². The predicted molar refractivity (Wildman–Crippen MR) is 65.6 cm³/mol. The molecule has 0 saturated carbocycles. The molecule has 4 nitrogen and oxygen atoms in total. The van der Waals surface area contributed by atoms with Gasteiger partial charge in [0.25, 0.3) is 0 Å². The minimum atomic E-state index is -0.866. The van der Waals surface area contributed by atoms with Gasteiger partial charge in [-0.25, -0.2) is 4.79 Å². The van der Waals surface area contributed by atoms with Gasteiger partial charge in [-0.1, -0.05) is 20.8 Å². The van der Waals surface area contributed by atoms with Gasteiger partial charge in [0.1, 0.15) is 6.04 Å². The largest absolute Gasteiger partial charge is 0.480 e. The molecule has 98 valence electrons. The number of carboxylic acid groups (broad SMARTS) is 1. The molecule has 1 N–H and O–H groups in total. The number of carboxylic acids is 1. The van der Waals surface area contributed by atoms with Crippen LogP contribution in [0.25, 0.3) is 0 Å². The fourth-order valence-electron chi connectivity index (χ4n) is 2.23. The molecule has 1 aliphatic heterocycles. The maximum Gasteiger partial charge on any atom is 0.326 e. The molecular formula is C13H23NO3. The zero-order chi connectivity index (χ0) is 13.0. The number of amides is 1. The van der Waals surface area contributed by atoms with E-state index in [1.165, 1.54) is 0 Å². The van der Waals surface area contributed by atoms with Gasteiger partial charge in [0.15, 0.2) is 0 Å². The zero-order valence-electron chi connectivity index (χ0n) is 11.0. The van der Waals surface area contributed by atoms with E-state index in [1.54, 1.807) is 4.90 Å². The van der Waals surface area contributed by atoms with Crippen molar-refractivity contribution in [1.82, 2.24) is 4.90 Å². The fourth-order valence-corrected chi connectivity index (χ4v) is 2.23. The maximum atomic E-state index is 12.0.